The molecule has 0 saturated heterocycles. The van der Waals surface area contributed by atoms with E-state index < -0.39 is 0 Å². The Morgan fingerprint density at radius 3 is 1.83 bits per heavy atom. The van der Waals surface area contributed by atoms with Crippen LogP contribution in [0.25, 0.3) is 55.3 Å². The summed E-state index contributed by atoms with van der Waals surface area (Å²) in [5.41, 5.74) is 9.09. The van der Waals surface area contributed by atoms with Gasteiger partial charge in [0.25, 0.3) is 0 Å². The van der Waals surface area contributed by atoms with Crippen molar-refractivity contribution in [2.24, 2.45) is 0 Å². The molecule has 3 heteroatoms. The third kappa shape index (κ3) is 3.79. The summed E-state index contributed by atoms with van der Waals surface area (Å²) in [5.74, 6) is 0.0185. The van der Waals surface area contributed by atoms with Crippen molar-refractivity contribution in [2.75, 3.05) is 0 Å². The van der Waals surface area contributed by atoms with Gasteiger partial charge in [-0.1, -0.05) is 115 Å². The molecule has 0 saturated carbocycles. The molecule has 8 rings (SSSR count). The first-order chi connectivity index (χ1) is 20.8. The van der Waals surface area contributed by atoms with Crippen LogP contribution in [0, 0.1) is 0 Å². The van der Waals surface area contributed by atoms with E-state index in [1.807, 2.05) is 48.5 Å². The molecule has 0 aliphatic rings. The smallest absolute Gasteiger partial charge is 0.193 e. The molecule has 0 spiro atoms. The van der Waals surface area contributed by atoms with E-state index in [-0.39, 0.29) is 5.78 Å². The molecule has 0 radical (unpaired) electrons. The van der Waals surface area contributed by atoms with Crippen LogP contribution in [0.4, 0.5) is 0 Å². The first-order valence-electron chi connectivity index (χ1n) is 14.2. The van der Waals surface area contributed by atoms with Gasteiger partial charge in [-0.15, -0.1) is 0 Å². The van der Waals surface area contributed by atoms with Crippen molar-refractivity contribution in [1.29, 1.82) is 0 Å². The Morgan fingerprint density at radius 2 is 1.05 bits per heavy atom. The average Bonchev–Trinajstić information content (AvgIpc) is 3.62. The molecule has 0 fully saturated rings. The third-order valence-electron chi connectivity index (χ3n) is 8.10. The van der Waals surface area contributed by atoms with Gasteiger partial charge in [0.15, 0.2) is 5.78 Å². The van der Waals surface area contributed by atoms with Crippen LogP contribution in [0.15, 0.2) is 158 Å². The summed E-state index contributed by atoms with van der Waals surface area (Å²) in [7, 11) is 0. The Bertz CT molecular complexity index is 2240. The highest BCUT2D eigenvalue weighted by molar-refractivity contribution is 6.19. The first kappa shape index (κ1) is 24.2. The number of hydrogen-bond acceptors (Lipinski definition) is 1. The topological polar surface area (TPSA) is 26.9 Å². The third-order valence-corrected chi connectivity index (χ3v) is 8.10. The van der Waals surface area contributed by atoms with E-state index in [2.05, 4.69) is 118 Å². The van der Waals surface area contributed by atoms with Crippen LogP contribution in [0.3, 0.4) is 0 Å². The lowest BCUT2D eigenvalue weighted by molar-refractivity contribution is 0.103. The highest BCUT2D eigenvalue weighted by Crippen LogP contribution is 2.40. The van der Waals surface area contributed by atoms with E-state index in [1.165, 1.54) is 10.8 Å². The molecule has 0 aliphatic carbocycles. The fourth-order valence-electron chi connectivity index (χ4n) is 6.23. The number of hydrogen-bond donors (Lipinski definition) is 0. The normalized spacial score (nSPS) is 11.4. The van der Waals surface area contributed by atoms with Gasteiger partial charge in [-0.2, -0.15) is 0 Å². The Hall–Kier alpha value is -5.67. The lowest BCUT2D eigenvalue weighted by Crippen LogP contribution is -2.03. The highest BCUT2D eigenvalue weighted by Gasteiger charge is 2.20. The van der Waals surface area contributed by atoms with Crippen molar-refractivity contribution < 1.29 is 4.79 Å². The van der Waals surface area contributed by atoms with E-state index in [0.717, 1.165) is 44.6 Å². The lowest BCUT2D eigenvalue weighted by Gasteiger charge is -2.12. The minimum atomic E-state index is 0.0185. The van der Waals surface area contributed by atoms with Gasteiger partial charge < -0.3 is 9.13 Å². The van der Waals surface area contributed by atoms with Gasteiger partial charge in [0, 0.05) is 38.7 Å². The SMILES string of the molecule is O=C(c1ccccc1)c1cccc(-n2c3ccccc3c3ccc4c(cc(-c5ccccc5)n4-c4ccccc4)c32)c1. The molecule has 0 aliphatic heterocycles. The number of carbonyl (C=O) groups is 1. The lowest BCUT2D eigenvalue weighted by atomic mass is 10.0. The van der Waals surface area contributed by atoms with Crippen LogP contribution in [0.2, 0.25) is 0 Å². The summed E-state index contributed by atoms with van der Waals surface area (Å²) in [4.78, 5) is 13.5. The van der Waals surface area contributed by atoms with Crippen molar-refractivity contribution in [3.8, 4) is 22.6 Å². The maximum atomic E-state index is 13.5. The second-order valence-corrected chi connectivity index (χ2v) is 10.6. The Balaban J connectivity index is 1.46. The fourth-order valence-corrected chi connectivity index (χ4v) is 6.23. The molecule has 198 valence electrons. The Kier molecular flexibility index (Phi) is 5.61. The zero-order valence-corrected chi connectivity index (χ0v) is 22.8. The summed E-state index contributed by atoms with van der Waals surface area (Å²) in [6, 6.07) is 53.9. The van der Waals surface area contributed by atoms with Crippen LogP contribution in [0.1, 0.15) is 15.9 Å². The summed E-state index contributed by atoms with van der Waals surface area (Å²) in [6.07, 6.45) is 0. The second-order valence-electron chi connectivity index (χ2n) is 10.6. The number of benzene rings is 6. The molecular formula is C39H26N2O. The van der Waals surface area contributed by atoms with Gasteiger partial charge in [0.05, 0.1) is 22.2 Å². The summed E-state index contributed by atoms with van der Waals surface area (Å²) in [6.45, 7) is 0. The molecular weight excluding hydrogens is 512 g/mol. The largest absolute Gasteiger partial charge is 0.309 e. The number of fused-ring (bicyclic) bond motifs is 5. The molecule has 2 heterocycles. The maximum absolute atomic E-state index is 13.5. The summed E-state index contributed by atoms with van der Waals surface area (Å²) >= 11 is 0. The number of ketones is 1. The van der Waals surface area contributed by atoms with Gasteiger partial charge in [-0.3, -0.25) is 4.79 Å². The number of carbonyl (C=O) groups excluding carboxylic acids is 1. The zero-order chi connectivity index (χ0) is 28.0. The molecule has 8 aromatic rings. The molecule has 0 N–H and O–H groups in total. The summed E-state index contributed by atoms with van der Waals surface area (Å²) in [5, 5.41) is 3.52. The van der Waals surface area contributed by atoms with Crippen LogP contribution in [-0.2, 0) is 0 Å². The molecule has 42 heavy (non-hydrogen) atoms. The van der Waals surface area contributed by atoms with Gasteiger partial charge in [0.2, 0.25) is 0 Å². The molecule has 2 aromatic heterocycles. The maximum Gasteiger partial charge on any atom is 0.193 e. The van der Waals surface area contributed by atoms with E-state index >= 15 is 0 Å². The van der Waals surface area contributed by atoms with E-state index in [4.69, 9.17) is 0 Å². The van der Waals surface area contributed by atoms with Gasteiger partial charge in [-0.25, -0.2) is 0 Å². The first-order valence-corrected chi connectivity index (χ1v) is 14.2. The van der Waals surface area contributed by atoms with Crippen molar-refractivity contribution >= 4 is 38.5 Å². The minimum Gasteiger partial charge on any atom is -0.309 e. The Morgan fingerprint density at radius 1 is 0.429 bits per heavy atom. The summed E-state index contributed by atoms with van der Waals surface area (Å²) < 4.78 is 4.67. The average molecular weight is 539 g/mol. The molecule has 0 atom stereocenters. The number of rotatable bonds is 5. The highest BCUT2D eigenvalue weighted by atomic mass is 16.1. The van der Waals surface area contributed by atoms with Crippen LogP contribution >= 0.6 is 0 Å². The minimum absolute atomic E-state index is 0.0185. The van der Waals surface area contributed by atoms with Crippen LogP contribution < -0.4 is 0 Å². The van der Waals surface area contributed by atoms with Crippen molar-refractivity contribution in [3.63, 3.8) is 0 Å². The van der Waals surface area contributed by atoms with Crippen LogP contribution in [0.5, 0.6) is 0 Å². The number of para-hydroxylation sites is 2. The quantitative estimate of drug-likeness (QED) is 0.200. The molecule has 0 amide bonds. The molecule has 3 nitrogen and oxygen atoms in total. The van der Waals surface area contributed by atoms with E-state index in [0.29, 0.717) is 11.1 Å². The van der Waals surface area contributed by atoms with E-state index in [9.17, 15) is 4.79 Å². The zero-order valence-electron chi connectivity index (χ0n) is 22.8. The second kappa shape index (κ2) is 9.76. The standard InChI is InChI=1S/C39H26N2O/c42-39(28-15-6-2-7-16-28)29-17-12-20-31(25-29)41-35-22-11-10-21-32(35)33-23-24-36-34(38(33)41)26-37(27-13-4-1-5-14-27)40(36)30-18-8-3-9-19-30/h1-26H. The van der Waals surface area contributed by atoms with Crippen LogP contribution in [-0.4, -0.2) is 14.9 Å². The molecule has 0 bridgehead atoms. The Labute approximate surface area is 243 Å². The van der Waals surface area contributed by atoms with Gasteiger partial charge in [-0.05, 0) is 48.0 Å². The van der Waals surface area contributed by atoms with Gasteiger partial charge >= 0.3 is 0 Å². The predicted octanol–water partition coefficient (Wildman–Crippen LogP) is 9.63. The molecule has 6 aromatic carbocycles. The fraction of sp³-hybridized carbons (Fsp3) is 0. The van der Waals surface area contributed by atoms with Crippen molar-refractivity contribution in [2.45, 2.75) is 0 Å². The van der Waals surface area contributed by atoms with Gasteiger partial charge in [0.1, 0.15) is 0 Å². The molecule has 0 unspecified atom stereocenters. The number of aromatic nitrogens is 2. The van der Waals surface area contributed by atoms with E-state index in [1.54, 1.807) is 0 Å². The number of nitrogens with zero attached hydrogens (tertiary/aromatic N) is 2. The monoisotopic (exact) mass is 538 g/mol. The predicted molar refractivity (Wildman–Crippen MR) is 173 cm³/mol. The van der Waals surface area contributed by atoms with Crippen molar-refractivity contribution in [1.82, 2.24) is 9.13 Å². The van der Waals surface area contributed by atoms with Crippen molar-refractivity contribution in [3.05, 3.63) is 169 Å².